The molecule has 0 atom stereocenters. The van der Waals surface area contributed by atoms with E-state index in [1.54, 1.807) is 39.0 Å². The Morgan fingerprint density at radius 1 is 1.04 bits per heavy atom. The molecule has 0 bridgehead atoms. The van der Waals surface area contributed by atoms with Gasteiger partial charge in [-0.25, -0.2) is 9.59 Å². The molecule has 1 fully saturated rings. The van der Waals surface area contributed by atoms with Crippen molar-refractivity contribution in [3.63, 3.8) is 0 Å². The van der Waals surface area contributed by atoms with Crippen LogP contribution in [0.2, 0.25) is 0 Å². The van der Waals surface area contributed by atoms with Crippen molar-refractivity contribution in [3.8, 4) is 0 Å². The van der Waals surface area contributed by atoms with Crippen molar-refractivity contribution < 1.29 is 18.8 Å². The number of carbonyl (C=O) groups is 2. The molecular weight excluding hydrogens is 301 g/mol. The second kappa shape index (κ2) is 6.85. The molecule has 3 amide bonds. The zero-order valence-electron chi connectivity index (χ0n) is 13.7. The molecule has 126 valence electrons. The Morgan fingerprint density at radius 2 is 1.57 bits per heavy atom. The van der Waals surface area contributed by atoms with E-state index in [1.807, 2.05) is 0 Å². The number of amides is 3. The fraction of sp³-hybridized carbons (Fsp3) is 0.500. The lowest BCUT2D eigenvalue weighted by molar-refractivity contribution is 0.0169. The number of para-hydroxylation sites is 1. The van der Waals surface area contributed by atoms with Gasteiger partial charge in [0.15, 0.2) is 0 Å². The standard InChI is InChI=1S/C16H22FN3O3/c1-16(2,3)23-15(22)19-11-9-18(10-12-19)14(21)20(17)13-7-5-4-6-8-13/h4-8H,9-12H2,1-3H3. The Labute approximate surface area is 135 Å². The number of nitrogens with zero attached hydrogens (tertiary/aromatic N) is 3. The summed E-state index contributed by atoms with van der Waals surface area (Å²) >= 11 is 0. The number of ether oxygens (including phenoxy) is 1. The molecule has 1 aliphatic rings. The number of hydrogen-bond acceptors (Lipinski definition) is 3. The lowest BCUT2D eigenvalue weighted by Gasteiger charge is -2.36. The maximum atomic E-state index is 14.1. The Kier molecular flexibility index (Phi) is 5.08. The number of piperazine rings is 1. The van der Waals surface area contributed by atoms with E-state index >= 15 is 0 Å². The molecule has 6 nitrogen and oxygen atoms in total. The van der Waals surface area contributed by atoms with E-state index in [4.69, 9.17) is 4.74 Å². The number of rotatable bonds is 1. The average molecular weight is 323 g/mol. The topological polar surface area (TPSA) is 53.1 Å². The molecule has 23 heavy (non-hydrogen) atoms. The minimum Gasteiger partial charge on any atom is -0.444 e. The van der Waals surface area contributed by atoms with Gasteiger partial charge in [0.25, 0.3) is 0 Å². The molecule has 1 aromatic carbocycles. The minimum atomic E-state index is -0.722. The summed E-state index contributed by atoms with van der Waals surface area (Å²) in [5, 5.41) is 0.128. The van der Waals surface area contributed by atoms with E-state index < -0.39 is 17.7 Å². The van der Waals surface area contributed by atoms with Crippen LogP contribution in [0, 0.1) is 0 Å². The van der Waals surface area contributed by atoms with Crippen LogP contribution in [0.15, 0.2) is 30.3 Å². The number of urea groups is 1. The molecule has 0 spiro atoms. The molecule has 1 saturated heterocycles. The molecule has 0 aromatic heterocycles. The summed E-state index contributed by atoms with van der Waals surface area (Å²) in [6, 6.07) is 7.40. The van der Waals surface area contributed by atoms with Crippen molar-refractivity contribution in [2.75, 3.05) is 31.3 Å². The first-order valence-electron chi connectivity index (χ1n) is 7.56. The maximum absolute atomic E-state index is 14.1. The van der Waals surface area contributed by atoms with Gasteiger partial charge in [0.2, 0.25) is 0 Å². The monoisotopic (exact) mass is 323 g/mol. The van der Waals surface area contributed by atoms with Gasteiger partial charge in [0, 0.05) is 26.2 Å². The summed E-state index contributed by atoms with van der Waals surface area (Å²) in [5.74, 6) is 0. The second-order valence-corrected chi connectivity index (χ2v) is 6.35. The van der Waals surface area contributed by atoms with Crippen LogP contribution >= 0.6 is 0 Å². The molecular formula is C16H22FN3O3. The van der Waals surface area contributed by atoms with Gasteiger partial charge in [0.05, 0.1) is 5.69 Å². The zero-order chi connectivity index (χ0) is 17.0. The molecule has 0 saturated carbocycles. The van der Waals surface area contributed by atoms with E-state index in [1.165, 1.54) is 21.9 Å². The summed E-state index contributed by atoms with van der Waals surface area (Å²) in [4.78, 5) is 27.0. The van der Waals surface area contributed by atoms with Crippen molar-refractivity contribution in [1.29, 1.82) is 0 Å². The van der Waals surface area contributed by atoms with Gasteiger partial charge in [-0.1, -0.05) is 22.7 Å². The molecule has 2 rings (SSSR count). The molecule has 0 N–H and O–H groups in total. The lowest BCUT2D eigenvalue weighted by Crippen LogP contribution is -2.53. The highest BCUT2D eigenvalue weighted by molar-refractivity contribution is 5.89. The van der Waals surface area contributed by atoms with E-state index in [2.05, 4.69) is 0 Å². The third-order valence-corrected chi connectivity index (χ3v) is 3.35. The predicted molar refractivity (Wildman–Crippen MR) is 84.8 cm³/mol. The Bertz CT molecular complexity index is 551. The average Bonchev–Trinajstić information content (AvgIpc) is 2.53. The van der Waals surface area contributed by atoms with E-state index in [9.17, 15) is 14.1 Å². The van der Waals surface area contributed by atoms with E-state index in [-0.39, 0.29) is 23.9 Å². The zero-order valence-corrected chi connectivity index (χ0v) is 13.7. The second-order valence-electron chi connectivity index (χ2n) is 6.35. The lowest BCUT2D eigenvalue weighted by atomic mass is 10.2. The number of benzene rings is 1. The first kappa shape index (κ1) is 17.1. The minimum absolute atomic E-state index is 0.128. The molecule has 7 heteroatoms. The molecule has 0 aliphatic carbocycles. The van der Waals surface area contributed by atoms with Gasteiger partial charge in [-0.3, -0.25) is 0 Å². The fourth-order valence-electron chi connectivity index (χ4n) is 2.20. The van der Waals surface area contributed by atoms with Crippen LogP contribution in [0.3, 0.4) is 0 Å². The van der Waals surface area contributed by atoms with E-state index in [0.717, 1.165) is 0 Å². The van der Waals surface area contributed by atoms with Crippen LogP contribution < -0.4 is 5.12 Å². The van der Waals surface area contributed by atoms with Crippen LogP contribution in [-0.4, -0.2) is 53.7 Å². The Balaban J connectivity index is 1.89. The summed E-state index contributed by atoms with van der Waals surface area (Å²) in [6.45, 7) is 6.58. The Hall–Kier alpha value is -2.31. The quantitative estimate of drug-likeness (QED) is 0.747. The SMILES string of the molecule is CC(C)(C)OC(=O)N1CCN(C(=O)N(F)c2ccccc2)CC1. The number of hydrogen-bond donors (Lipinski definition) is 0. The molecule has 1 aromatic rings. The van der Waals surface area contributed by atoms with Gasteiger partial charge in [-0.05, 0) is 32.9 Å². The number of anilines is 1. The van der Waals surface area contributed by atoms with Crippen LogP contribution in [0.25, 0.3) is 0 Å². The van der Waals surface area contributed by atoms with Crippen molar-refractivity contribution in [1.82, 2.24) is 9.80 Å². The summed E-state index contributed by atoms with van der Waals surface area (Å²) in [5.41, 5.74) is -0.375. The normalized spacial score (nSPS) is 15.3. The van der Waals surface area contributed by atoms with Crippen LogP contribution in [0.4, 0.5) is 19.8 Å². The third kappa shape index (κ3) is 4.58. The van der Waals surface area contributed by atoms with Crippen LogP contribution in [0.5, 0.6) is 0 Å². The maximum Gasteiger partial charge on any atom is 0.410 e. The number of carbonyl (C=O) groups excluding carboxylic acids is 2. The van der Waals surface area contributed by atoms with Gasteiger partial charge in [0.1, 0.15) is 5.60 Å². The molecule has 0 unspecified atom stereocenters. The van der Waals surface area contributed by atoms with Gasteiger partial charge in [-0.2, -0.15) is 0 Å². The highest BCUT2D eigenvalue weighted by Crippen LogP contribution is 2.17. The van der Waals surface area contributed by atoms with Crippen LogP contribution in [0.1, 0.15) is 20.8 Å². The van der Waals surface area contributed by atoms with Crippen molar-refractivity contribution in [2.24, 2.45) is 0 Å². The first-order valence-corrected chi connectivity index (χ1v) is 7.56. The summed E-state index contributed by atoms with van der Waals surface area (Å²) < 4.78 is 19.4. The van der Waals surface area contributed by atoms with Crippen LogP contribution in [-0.2, 0) is 4.74 Å². The van der Waals surface area contributed by atoms with Crippen molar-refractivity contribution in [3.05, 3.63) is 30.3 Å². The van der Waals surface area contributed by atoms with E-state index in [0.29, 0.717) is 13.1 Å². The van der Waals surface area contributed by atoms with Gasteiger partial charge in [-0.15, -0.1) is 5.12 Å². The third-order valence-electron chi connectivity index (χ3n) is 3.35. The largest absolute Gasteiger partial charge is 0.444 e. The molecule has 1 aliphatic heterocycles. The smallest absolute Gasteiger partial charge is 0.410 e. The van der Waals surface area contributed by atoms with Gasteiger partial charge >= 0.3 is 12.1 Å². The fourth-order valence-corrected chi connectivity index (χ4v) is 2.20. The van der Waals surface area contributed by atoms with Crippen molar-refractivity contribution in [2.45, 2.75) is 26.4 Å². The predicted octanol–water partition coefficient (Wildman–Crippen LogP) is 3.05. The first-order chi connectivity index (χ1) is 10.8. The molecule has 0 radical (unpaired) electrons. The van der Waals surface area contributed by atoms with Gasteiger partial charge < -0.3 is 14.5 Å². The summed E-state index contributed by atoms with van der Waals surface area (Å²) in [6.07, 6.45) is -0.412. The highest BCUT2D eigenvalue weighted by Gasteiger charge is 2.30. The summed E-state index contributed by atoms with van der Waals surface area (Å²) in [7, 11) is 0. The van der Waals surface area contributed by atoms with Crippen molar-refractivity contribution >= 4 is 17.8 Å². The Morgan fingerprint density at radius 3 is 2.09 bits per heavy atom. The highest BCUT2D eigenvalue weighted by atomic mass is 19.2. The number of halogens is 1. The molecule has 1 heterocycles.